The zero-order valence-electron chi connectivity index (χ0n) is 14.3. The molecule has 0 rings (SSSR count). The van der Waals surface area contributed by atoms with Gasteiger partial charge in [-0.15, -0.1) is 0 Å². The number of carbonyl (C=O) groups is 1. The van der Waals surface area contributed by atoms with Crippen molar-refractivity contribution in [3.63, 3.8) is 0 Å². The molecular formula is C18H31NO2. The summed E-state index contributed by atoms with van der Waals surface area (Å²) >= 11 is 0. The summed E-state index contributed by atoms with van der Waals surface area (Å²) in [6.45, 7) is 14.5. The number of hydrogen-bond acceptors (Lipinski definition) is 3. The van der Waals surface area contributed by atoms with Gasteiger partial charge in [0.15, 0.2) is 0 Å². The van der Waals surface area contributed by atoms with Crippen LogP contribution in [-0.4, -0.2) is 12.6 Å². The molecule has 0 bridgehead atoms. The predicted molar refractivity (Wildman–Crippen MR) is 88.7 cm³/mol. The van der Waals surface area contributed by atoms with Crippen LogP contribution in [-0.2, 0) is 9.53 Å². The quantitative estimate of drug-likeness (QED) is 0.340. The summed E-state index contributed by atoms with van der Waals surface area (Å²) in [6, 6.07) is 0. The molecule has 0 spiro atoms. The fourth-order valence-electron chi connectivity index (χ4n) is 1.90. The Morgan fingerprint density at radius 2 is 1.86 bits per heavy atom. The number of allylic oxidation sites excluding steroid dienone is 3. The second-order valence-electron chi connectivity index (χ2n) is 5.71. The minimum absolute atomic E-state index is 0.255. The van der Waals surface area contributed by atoms with Gasteiger partial charge in [0.2, 0.25) is 0 Å². The fourth-order valence-corrected chi connectivity index (χ4v) is 1.90. The van der Waals surface area contributed by atoms with Crippen molar-refractivity contribution in [3.05, 3.63) is 23.8 Å². The first-order valence-electron chi connectivity index (χ1n) is 7.73. The predicted octanol–water partition coefficient (Wildman–Crippen LogP) is 5.04. The topological polar surface area (TPSA) is 50.1 Å². The molecule has 0 aromatic heterocycles. The third-order valence-electron chi connectivity index (χ3n) is 3.03. The van der Waals surface area contributed by atoms with Crippen LogP contribution in [0.15, 0.2) is 23.8 Å². The third-order valence-corrected chi connectivity index (χ3v) is 3.03. The lowest BCUT2D eigenvalue weighted by atomic mass is 9.97. The lowest BCUT2D eigenvalue weighted by Crippen LogP contribution is -1.99. The lowest BCUT2D eigenvalue weighted by Gasteiger charge is -2.09. The monoisotopic (exact) mass is 293 g/mol. The summed E-state index contributed by atoms with van der Waals surface area (Å²) in [5.74, 6) is 1.26. The molecule has 0 aliphatic heterocycles. The van der Waals surface area contributed by atoms with Crippen molar-refractivity contribution in [3.8, 4) is 6.57 Å². The van der Waals surface area contributed by atoms with Crippen molar-refractivity contribution in [2.45, 2.75) is 60.3 Å². The number of esters is 1. The first kappa shape index (κ1) is 21.7. The van der Waals surface area contributed by atoms with Crippen LogP contribution in [0, 0.1) is 23.7 Å². The summed E-state index contributed by atoms with van der Waals surface area (Å²) in [5.41, 5.74) is 0.952. The van der Waals surface area contributed by atoms with Crippen LogP contribution in [0.1, 0.15) is 60.3 Å². The highest BCUT2D eigenvalue weighted by atomic mass is 16.5. The van der Waals surface area contributed by atoms with Crippen LogP contribution in [0.3, 0.4) is 0 Å². The van der Waals surface area contributed by atoms with Crippen molar-refractivity contribution in [1.29, 1.82) is 5.26 Å². The molecule has 0 aromatic rings. The summed E-state index contributed by atoms with van der Waals surface area (Å²) in [4.78, 5) is 11.2. The molecule has 0 saturated heterocycles. The Kier molecular flexibility index (Phi) is 15.4. The highest BCUT2D eigenvalue weighted by Crippen LogP contribution is 2.15. The van der Waals surface area contributed by atoms with Crippen LogP contribution in [0.25, 0.3) is 0 Å². The summed E-state index contributed by atoms with van der Waals surface area (Å²) in [5, 5.41) is 6.50. The van der Waals surface area contributed by atoms with Crippen LogP contribution in [0.5, 0.6) is 0 Å². The minimum Gasteiger partial charge on any atom is -0.463 e. The van der Waals surface area contributed by atoms with Crippen LogP contribution in [0.4, 0.5) is 0 Å². The van der Waals surface area contributed by atoms with E-state index >= 15 is 0 Å². The Balaban J connectivity index is 0. The van der Waals surface area contributed by atoms with Gasteiger partial charge in [-0.25, -0.2) is 10.1 Å². The van der Waals surface area contributed by atoms with Crippen molar-refractivity contribution in [2.75, 3.05) is 6.61 Å². The van der Waals surface area contributed by atoms with Gasteiger partial charge in [-0.1, -0.05) is 52.2 Å². The zero-order valence-corrected chi connectivity index (χ0v) is 14.3. The average Bonchev–Trinajstić information content (AvgIpc) is 2.40. The van der Waals surface area contributed by atoms with Gasteiger partial charge in [0, 0.05) is 12.6 Å². The maximum atomic E-state index is 11.2. The molecule has 1 unspecified atom stereocenters. The Hall–Kier alpha value is -1.56. The van der Waals surface area contributed by atoms with Gasteiger partial charge in [-0.3, -0.25) is 0 Å². The maximum absolute atomic E-state index is 11.2. The van der Waals surface area contributed by atoms with Gasteiger partial charge >= 0.3 is 5.97 Å². The van der Waals surface area contributed by atoms with Crippen LogP contribution in [0.2, 0.25) is 0 Å². The van der Waals surface area contributed by atoms with E-state index in [0.717, 1.165) is 17.9 Å². The van der Waals surface area contributed by atoms with Crippen molar-refractivity contribution in [1.82, 2.24) is 0 Å². The van der Waals surface area contributed by atoms with E-state index in [4.69, 9.17) is 10.00 Å². The van der Waals surface area contributed by atoms with Crippen LogP contribution < -0.4 is 0 Å². The molecule has 3 nitrogen and oxygen atoms in total. The lowest BCUT2D eigenvalue weighted by molar-refractivity contribution is -0.137. The first-order valence-corrected chi connectivity index (χ1v) is 7.73. The number of nitrogens with zero attached hydrogens (tertiary/aromatic N) is 1. The molecule has 0 aliphatic carbocycles. The van der Waals surface area contributed by atoms with Gasteiger partial charge < -0.3 is 4.74 Å². The highest BCUT2D eigenvalue weighted by Gasteiger charge is 2.01. The van der Waals surface area contributed by atoms with E-state index in [9.17, 15) is 4.79 Å². The number of ether oxygens (including phenoxy) is 1. The van der Waals surface area contributed by atoms with E-state index in [1.54, 1.807) is 6.08 Å². The van der Waals surface area contributed by atoms with Gasteiger partial charge in [0.25, 0.3) is 0 Å². The van der Waals surface area contributed by atoms with Crippen molar-refractivity contribution >= 4 is 5.97 Å². The molecule has 21 heavy (non-hydrogen) atoms. The van der Waals surface area contributed by atoms with E-state index in [1.807, 2.05) is 19.9 Å². The van der Waals surface area contributed by atoms with E-state index in [-0.39, 0.29) is 5.97 Å². The van der Waals surface area contributed by atoms with Gasteiger partial charge in [-0.2, -0.15) is 0 Å². The van der Waals surface area contributed by atoms with E-state index in [2.05, 4.69) is 33.4 Å². The molecular weight excluding hydrogens is 262 g/mol. The molecule has 0 heterocycles. The Labute approximate surface area is 130 Å². The molecule has 0 fully saturated rings. The normalized spacial score (nSPS) is 12.9. The second kappa shape index (κ2) is 14.8. The summed E-state index contributed by atoms with van der Waals surface area (Å²) in [7, 11) is 0. The van der Waals surface area contributed by atoms with E-state index in [1.165, 1.54) is 19.3 Å². The Morgan fingerprint density at radius 3 is 2.38 bits per heavy atom. The molecule has 0 radical (unpaired) electrons. The van der Waals surface area contributed by atoms with Gasteiger partial charge in [-0.05, 0) is 37.7 Å². The molecule has 0 aliphatic rings. The van der Waals surface area contributed by atoms with E-state index < -0.39 is 0 Å². The molecule has 0 N–H and O–H groups in total. The van der Waals surface area contributed by atoms with Crippen molar-refractivity contribution in [2.24, 2.45) is 11.8 Å². The van der Waals surface area contributed by atoms with Crippen LogP contribution >= 0.6 is 0 Å². The largest absolute Gasteiger partial charge is 0.463 e. The molecule has 1 atom stereocenters. The van der Waals surface area contributed by atoms with E-state index in [0.29, 0.717) is 12.5 Å². The Bertz CT molecular complexity index is 340. The maximum Gasteiger partial charge on any atom is 0.330 e. The molecule has 0 aromatic carbocycles. The van der Waals surface area contributed by atoms with Crippen molar-refractivity contribution < 1.29 is 9.53 Å². The smallest absolute Gasteiger partial charge is 0.330 e. The standard InChI is InChI=1S/C17H30O2.CHN/c1-6-19-17(18)13-16(5)12-8-11-15(4)10-7-9-14(2)3;1-2/h8,12-15H,6-7,9-11H2,1-5H3;1H. The van der Waals surface area contributed by atoms with Gasteiger partial charge in [0.05, 0.1) is 6.61 Å². The zero-order chi connectivity index (χ0) is 16.7. The molecule has 3 heteroatoms. The molecule has 0 saturated carbocycles. The highest BCUT2D eigenvalue weighted by molar-refractivity contribution is 5.83. The number of hydrogen-bond donors (Lipinski definition) is 0. The summed E-state index contributed by atoms with van der Waals surface area (Å²) < 4.78 is 4.87. The fraction of sp³-hybridized carbons (Fsp3) is 0.667. The minimum atomic E-state index is -0.255. The number of carbonyl (C=O) groups excluding carboxylic acids is 1. The Morgan fingerprint density at radius 1 is 1.24 bits per heavy atom. The SMILES string of the molecule is C#N.CCOC(=O)C=C(C)C=CCC(C)CCCC(C)C. The molecule has 120 valence electrons. The first-order chi connectivity index (χ1) is 9.95. The number of nitriles is 1. The second-order valence-corrected chi connectivity index (χ2v) is 5.71. The molecule has 0 amide bonds. The third kappa shape index (κ3) is 16.4. The summed E-state index contributed by atoms with van der Waals surface area (Å²) in [6.07, 6.45) is 10.7. The average molecular weight is 293 g/mol. The van der Waals surface area contributed by atoms with Gasteiger partial charge in [0.1, 0.15) is 0 Å². The number of rotatable bonds is 9.